The topological polar surface area (TPSA) is 169 Å². The molecule has 124 valence electrons. The van der Waals surface area contributed by atoms with E-state index in [0.717, 1.165) is 4.57 Å². The summed E-state index contributed by atoms with van der Waals surface area (Å²) in [5, 5.41) is 18.8. The van der Waals surface area contributed by atoms with Gasteiger partial charge in [-0.05, 0) is 0 Å². The van der Waals surface area contributed by atoms with Gasteiger partial charge in [0.05, 0.1) is 12.7 Å². The maximum atomic E-state index is 11.9. The van der Waals surface area contributed by atoms with Gasteiger partial charge in [-0.3, -0.25) is 14.3 Å². The van der Waals surface area contributed by atoms with Crippen LogP contribution in [0.5, 0.6) is 0 Å². The van der Waals surface area contributed by atoms with Gasteiger partial charge in [0.1, 0.15) is 12.3 Å². The van der Waals surface area contributed by atoms with Crippen LogP contribution in [0.4, 0.5) is 0 Å². The van der Waals surface area contributed by atoms with Crippen LogP contribution in [0, 0.1) is 12.0 Å². The van der Waals surface area contributed by atoms with Gasteiger partial charge in [0, 0.05) is 30.6 Å². The summed E-state index contributed by atoms with van der Waals surface area (Å²) in [6, 6.07) is 2.33. The number of nitrogens with two attached hydrogens (primary N) is 2. The molecule has 2 rings (SSSR count). The third kappa shape index (κ3) is 3.98. The fourth-order valence-corrected chi connectivity index (χ4v) is 2.16. The van der Waals surface area contributed by atoms with E-state index in [1.54, 1.807) is 0 Å². The molecule has 0 radical (unpaired) electrons. The Morgan fingerprint density at radius 2 is 2.26 bits per heavy atom. The molecule has 1 aromatic heterocycles. The van der Waals surface area contributed by atoms with Crippen molar-refractivity contribution in [2.24, 2.45) is 16.5 Å². The number of aromatic amines is 1. The first-order valence-electron chi connectivity index (χ1n) is 6.77. The van der Waals surface area contributed by atoms with Gasteiger partial charge in [-0.15, -0.1) is 0 Å². The molecule has 10 heteroatoms. The van der Waals surface area contributed by atoms with Crippen molar-refractivity contribution >= 4 is 5.96 Å². The summed E-state index contributed by atoms with van der Waals surface area (Å²) in [5.74, 6) is 2.38. The lowest BCUT2D eigenvalue weighted by molar-refractivity contribution is -0.0459. The van der Waals surface area contributed by atoms with Crippen molar-refractivity contribution in [2.45, 2.75) is 31.3 Å². The standard InChI is InChI=1S/C13H17N5O5/c14-12(15)16-3-1-2-7-5-18(13(22)17-11(7)21)10-4-8(20)9(6-19)23-10/h5,8-10,19-20H,2,4,6H2,(H4,14,15,16)(H,17,21,22)/t8-,9+,10+/m0/s1. The minimum atomic E-state index is -0.895. The van der Waals surface area contributed by atoms with E-state index in [9.17, 15) is 14.7 Å². The molecular formula is C13H17N5O5. The number of ether oxygens (including phenoxy) is 1. The van der Waals surface area contributed by atoms with Crippen LogP contribution in [0.2, 0.25) is 0 Å². The molecule has 1 aliphatic rings. The molecule has 10 nitrogen and oxygen atoms in total. The highest BCUT2D eigenvalue weighted by atomic mass is 16.5. The van der Waals surface area contributed by atoms with Gasteiger partial charge in [0.15, 0.2) is 5.96 Å². The van der Waals surface area contributed by atoms with Crippen LogP contribution in [0.15, 0.2) is 20.8 Å². The van der Waals surface area contributed by atoms with Crippen LogP contribution in [0.25, 0.3) is 0 Å². The van der Waals surface area contributed by atoms with E-state index in [1.165, 1.54) is 6.20 Å². The number of nitrogens with zero attached hydrogens (tertiary/aromatic N) is 2. The molecular weight excluding hydrogens is 306 g/mol. The average molecular weight is 323 g/mol. The van der Waals surface area contributed by atoms with Crippen LogP contribution in [-0.4, -0.2) is 44.5 Å². The minimum absolute atomic E-state index is 0.0189. The SMILES string of the molecule is NC(N)=NC#CCc1cn([C@H]2C[C@H](O)[C@@H](CO)O2)c(=O)[nH]c1=O. The molecule has 23 heavy (non-hydrogen) atoms. The van der Waals surface area contributed by atoms with E-state index in [1.807, 2.05) is 0 Å². The first kappa shape index (κ1) is 16.8. The highest BCUT2D eigenvalue weighted by molar-refractivity contribution is 5.76. The van der Waals surface area contributed by atoms with E-state index < -0.39 is 29.7 Å². The fourth-order valence-electron chi connectivity index (χ4n) is 2.16. The highest BCUT2D eigenvalue weighted by Gasteiger charge is 2.35. The zero-order valence-corrected chi connectivity index (χ0v) is 12.1. The minimum Gasteiger partial charge on any atom is -0.394 e. The van der Waals surface area contributed by atoms with Crippen molar-refractivity contribution in [3.05, 3.63) is 32.6 Å². The summed E-state index contributed by atoms with van der Waals surface area (Å²) >= 11 is 0. The summed E-state index contributed by atoms with van der Waals surface area (Å²) in [4.78, 5) is 29.3. The van der Waals surface area contributed by atoms with Gasteiger partial charge in [0.2, 0.25) is 0 Å². The Bertz CT molecular complexity index is 767. The third-order valence-corrected chi connectivity index (χ3v) is 3.28. The van der Waals surface area contributed by atoms with E-state index in [4.69, 9.17) is 21.3 Å². The number of rotatable bonds is 3. The van der Waals surface area contributed by atoms with Gasteiger partial charge < -0.3 is 26.4 Å². The van der Waals surface area contributed by atoms with Crippen LogP contribution in [-0.2, 0) is 11.2 Å². The summed E-state index contributed by atoms with van der Waals surface area (Å²) in [5.41, 5.74) is 9.20. The number of aliphatic hydroxyl groups is 2. The number of nitrogens with one attached hydrogen (secondary N) is 1. The smallest absolute Gasteiger partial charge is 0.330 e. The second-order valence-electron chi connectivity index (χ2n) is 4.94. The predicted molar refractivity (Wildman–Crippen MR) is 80.2 cm³/mol. The second kappa shape index (κ2) is 7.10. The molecule has 0 aromatic carbocycles. The molecule has 1 aliphatic heterocycles. The summed E-state index contributed by atoms with van der Waals surface area (Å²) in [6.45, 7) is -0.368. The Morgan fingerprint density at radius 3 is 2.87 bits per heavy atom. The summed E-state index contributed by atoms with van der Waals surface area (Å²) in [7, 11) is 0. The van der Waals surface area contributed by atoms with Crippen molar-refractivity contribution in [1.29, 1.82) is 0 Å². The van der Waals surface area contributed by atoms with Crippen molar-refractivity contribution in [2.75, 3.05) is 6.61 Å². The Labute approximate surface area is 130 Å². The maximum absolute atomic E-state index is 11.9. The Balaban J connectivity index is 2.26. The van der Waals surface area contributed by atoms with Crippen LogP contribution in [0.1, 0.15) is 18.2 Å². The number of aliphatic imine (C=N–C) groups is 1. The molecule has 0 saturated carbocycles. The first-order chi connectivity index (χ1) is 10.9. The van der Waals surface area contributed by atoms with E-state index in [-0.39, 0.29) is 31.0 Å². The Morgan fingerprint density at radius 1 is 1.52 bits per heavy atom. The normalized spacial score (nSPS) is 23.1. The van der Waals surface area contributed by atoms with E-state index in [0.29, 0.717) is 0 Å². The number of hydrogen-bond acceptors (Lipinski definition) is 6. The van der Waals surface area contributed by atoms with Gasteiger partial charge in [-0.1, -0.05) is 5.92 Å². The Kier molecular flexibility index (Phi) is 5.17. The lowest BCUT2D eigenvalue weighted by atomic mass is 10.2. The zero-order chi connectivity index (χ0) is 17.0. The molecule has 0 spiro atoms. The van der Waals surface area contributed by atoms with Gasteiger partial charge >= 0.3 is 5.69 Å². The van der Waals surface area contributed by atoms with E-state index in [2.05, 4.69) is 21.9 Å². The zero-order valence-electron chi connectivity index (χ0n) is 12.1. The number of aliphatic hydroxyl groups excluding tert-OH is 2. The molecule has 7 N–H and O–H groups in total. The molecule has 0 amide bonds. The second-order valence-corrected chi connectivity index (χ2v) is 4.94. The van der Waals surface area contributed by atoms with Gasteiger partial charge in [-0.25, -0.2) is 4.79 Å². The van der Waals surface area contributed by atoms with Crippen LogP contribution >= 0.6 is 0 Å². The number of guanidine groups is 1. The molecule has 3 atom stereocenters. The molecule has 1 fully saturated rings. The first-order valence-corrected chi connectivity index (χ1v) is 6.77. The summed E-state index contributed by atoms with van der Waals surface area (Å²) < 4.78 is 6.54. The van der Waals surface area contributed by atoms with Crippen molar-refractivity contribution in [3.8, 4) is 12.0 Å². The largest absolute Gasteiger partial charge is 0.394 e. The Hall–Kier alpha value is -2.61. The number of H-pyrrole nitrogens is 1. The quantitative estimate of drug-likeness (QED) is 0.223. The van der Waals surface area contributed by atoms with Crippen LogP contribution < -0.4 is 22.7 Å². The highest BCUT2D eigenvalue weighted by Crippen LogP contribution is 2.27. The molecule has 0 bridgehead atoms. The fraction of sp³-hybridized carbons (Fsp3) is 0.462. The molecule has 0 aliphatic carbocycles. The maximum Gasteiger partial charge on any atom is 0.330 e. The van der Waals surface area contributed by atoms with Crippen LogP contribution in [0.3, 0.4) is 0 Å². The number of aromatic nitrogens is 2. The van der Waals surface area contributed by atoms with Gasteiger partial charge in [-0.2, -0.15) is 4.99 Å². The molecule has 1 aromatic rings. The molecule has 2 heterocycles. The van der Waals surface area contributed by atoms with Crippen molar-refractivity contribution in [1.82, 2.24) is 9.55 Å². The average Bonchev–Trinajstić information content (AvgIpc) is 2.86. The van der Waals surface area contributed by atoms with Crippen molar-refractivity contribution < 1.29 is 14.9 Å². The van der Waals surface area contributed by atoms with E-state index >= 15 is 0 Å². The third-order valence-electron chi connectivity index (χ3n) is 3.28. The lowest BCUT2D eigenvalue weighted by Crippen LogP contribution is -2.34. The predicted octanol–water partition coefficient (Wildman–Crippen LogP) is -3.05. The molecule has 1 saturated heterocycles. The lowest BCUT2D eigenvalue weighted by Gasteiger charge is -2.14. The number of hydrogen-bond donors (Lipinski definition) is 5. The van der Waals surface area contributed by atoms with Gasteiger partial charge in [0.25, 0.3) is 5.56 Å². The molecule has 0 unspecified atom stereocenters. The summed E-state index contributed by atoms with van der Waals surface area (Å²) in [6.07, 6.45) is -1.00. The van der Waals surface area contributed by atoms with Crippen molar-refractivity contribution in [3.63, 3.8) is 0 Å². The monoisotopic (exact) mass is 323 g/mol.